The van der Waals surface area contributed by atoms with E-state index < -0.39 is 51.1 Å². The van der Waals surface area contributed by atoms with Gasteiger partial charge in [-0.25, -0.2) is 4.98 Å². The number of non-ortho nitro benzene ring substituents is 3. The molecule has 0 unspecified atom stereocenters. The van der Waals surface area contributed by atoms with E-state index in [1.807, 2.05) is 83.1 Å². The number of amides is 1. The van der Waals surface area contributed by atoms with Crippen LogP contribution in [0.25, 0.3) is 0 Å². The molecule has 0 aliphatic rings. The first-order chi connectivity index (χ1) is 48.9. The monoisotopic (exact) mass is 1750 g/mol. The number of ether oxygens (including phenoxy) is 2. The predicted octanol–water partition coefficient (Wildman–Crippen LogP) is 19.5. The van der Waals surface area contributed by atoms with Gasteiger partial charge in [-0.2, -0.15) is 4.98 Å². The second-order valence-electron chi connectivity index (χ2n) is 19.4. The molecule has 0 atom stereocenters. The molecule has 5 aromatic carbocycles. The van der Waals surface area contributed by atoms with Crippen LogP contribution in [0, 0.1) is 37.3 Å². The Bertz CT molecular complexity index is 3650. The minimum absolute atomic E-state index is 0. The van der Waals surface area contributed by atoms with E-state index in [2.05, 4.69) is 15.3 Å². The third-order valence-corrected chi connectivity index (χ3v) is 27.9. The largest absolute Gasteiger partial charge is 0.497 e. The van der Waals surface area contributed by atoms with Crippen LogP contribution in [0.2, 0.25) is 0 Å². The van der Waals surface area contributed by atoms with Crippen molar-refractivity contribution < 1.29 is 92.4 Å². The molecule has 586 valence electrons. The highest BCUT2D eigenvalue weighted by Gasteiger charge is 2.35. The normalized spacial score (nSPS) is 11.3. The predicted molar refractivity (Wildman–Crippen MR) is 434 cm³/mol. The number of benzene rings is 5. The van der Waals surface area contributed by atoms with Gasteiger partial charge < -0.3 is 51.0 Å². The molecule has 29 nitrogen and oxygen atoms in total. The van der Waals surface area contributed by atoms with Crippen molar-refractivity contribution in [1.29, 1.82) is 0 Å². The van der Waals surface area contributed by atoms with Crippen molar-refractivity contribution in [2.24, 2.45) is 0 Å². The minimum atomic E-state index is -2.82. The highest BCUT2D eigenvalue weighted by atomic mass is 35.6. The zero-order chi connectivity index (χ0) is 78.9. The maximum atomic E-state index is 10.8. The zero-order valence-electron chi connectivity index (χ0n) is 60.1. The van der Waals surface area contributed by atoms with Crippen LogP contribution in [0.1, 0.15) is 89.9 Å². The van der Waals surface area contributed by atoms with E-state index >= 15 is 0 Å². The Labute approximate surface area is 664 Å². The van der Waals surface area contributed by atoms with Crippen LogP contribution in [0.5, 0.6) is 34.6 Å². The van der Waals surface area contributed by atoms with Crippen molar-refractivity contribution in [3.63, 3.8) is 0 Å². The van der Waals surface area contributed by atoms with E-state index in [-0.39, 0.29) is 54.1 Å². The van der Waals surface area contributed by atoms with Gasteiger partial charge in [0.2, 0.25) is 21.3 Å². The first-order valence-electron chi connectivity index (χ1n) is 30.6. The number of nitro benzene ring substituents is 3. The molecule has 0 fully saturated rings. The summed E-state index contributed by atoms with van der Waals surface area (Å²) < 4.78 is 82.6. The van der Waals surface area contributed by atoms with Gasteiger partial charge in [0.25, 0.3) is 17.1 Å². The lowest BCUT2D eigenvalue weighted by Gasteiger charge is -2.25. The molecular weight excluding hydrogens is 1670 g/mol. The number of rotatable bonds is 35. The van der Waals surface area contributed by atoms with Crippen LogP contribution < -0.4 is 32.9 Å². The van der Waals surface area contributed by atoms with Crippen LogP contribution in [-0.4, -0.2) is 130 Å². The van der Waals surface area contributed by atoms with E-state index in [0.29, 0.717) is 62.8 Å². The number of hydrogen-bond acceptors (Lipinski definition) is 31. The van der Waals surface area contributed by atoms with E-state index in [0.717, 1.165) is 34.1 Å². The number of nitrogens with one attached hydrogen (secondary N) is 1. The smallest absolute Gasteiger partial charge is 0.381 e. The molecule has 2 radical (unpaired) electrons. The van der Waals surface area contributed by atoms with Gasteiger partial charge >= 0.3 is 26.9 Å². The van der Waals surface area contributed by atoms with Crippen molar-refractivity contribution >= 4 is 174 Å². The Morgan fingerprint density at radius 2 is 0.790 bits per heavy atom. The van der Waals surface area contributed by atoms with E-state index in [1.54, 1.807) is 55.0 Å². The van der Waals surface area contributed by atoms with Crippen LogP contribution in [0.3, 0.4) is 0 Å². The van der Waals surface area contributed by atoms with Crippen molar-refractivity contribution in [2.45, 2.75) is 77.9 Å². The summed E-state index contributed by atoms with van der Waals surface area (Å²) in [5.74, 6) is 3.87. The van der Waals surface area contributed by atoms with E-state index in [4.69, 9.17) is 167 Å². The van der Waals surface area contributed by atoms with Crippen molar-refractivity contribution in [3.05, 3.63) is 180 Å². The minimum Gasteiger partial charge on any atom is -0.497 e. The highest BCUT2D eigenvalue weighted by molar-refractivity contribution is 8.68. The number of nitrogens with zero attached hydrogens (tertiary/aromatic N) is 5. The second-order valence-corrected chi connectivity index (χ2v) is 40.3. The SMILES string of the molecule is CCOP(=S)(OCC)Oc1cc(C)nc(C(C)C)n1.CCOP(=S)(OCC)Oc1ccc([N+](=O)[O-])cc1.CCOP(=S)(OCC)Oc1ccc([N+](=O)[O-])cc1.CNC(=O)CSP(=S)(OC)OC.COP(=S)(OC)Oc1ccc([N+](=O)[O-])cc1.COc1ccc(C(c2ccc(OC)cc2)C(Cl)(Cl)Cl)cc1.[S]. The topological polar surface area (TPSA) is 332 Å². The number of aromatic nitrogens is 2. The number of alkyl halides is 3. The van der Waals surface area contributed by atoms with Crippen LogP contribution in [0.4, 0.5) is 17.1 Å². The number of carbonyl (C=O) groups excluding carboxylic acids is 1. The Morgan fingerprint density at radius 1 is 0.495 bits per heavy atom. The standard InChI is InChI=1S/C16H15Cl3O2.C12H21N2O3PS.2C10H14NO5PS.C8H10NO5PS.C5H12NO3PS2.S/c1-20-13-7-3-11(4-8-13)15(16(17,18)19)12-5-9-14(21-2)10-6-12;1-6-15-18(19,16-7-2)17-11-8-10(5)13-12(14-11)9(3)4;2*1-3-14-17(18,15-4-2)16-10-7-5-9(6-8-10)11(12)13;1-12-15(16,13-2)14-8-5-3-7(4-6-8)9(10)11;1-6-5(7)4-12-10(11,8-2)9-3;/h3-10,15H,1-2H3;8-9H,6-7H2,1-5H3;2*5-8H,3-4H2,1-2H3;3-6H,1-2H3;4H2,1-3H3,(H,6,7);. The van der Waals surface area contributed by atoms with Gasteiger partial charge in [0.1, 0.15) is 34.6 Å². The molecule has 105 heavy (non-hydrogen) atoms. The van der Waals surface area contributed by atoms with Gasteiger partial charge in [-0.3, -0.25) is 62.3 Å². The molecule has 1 heterocycles. The number of hydrogen-bond donors (Lipinski definition) is 1. The number of halogens is 3. The highest BCUT2D eigenvalue weighted by Crippen LogP contribution is 2.59. The van der Waals surface area contributed by atoms with Crippen molar-refractivity contribution in [3.8, 4) is 34.6 Å². The molecule has 1 aromatic heterocycles. The summed E-state index contributed by atoms with van der Waals surface area (Å²) in [5.41, 5.74) is 0.345. The molecule has 6 aromatic rings. The fraction of sp³-hybridized carbons (Fsp3) is 0.426. The summed E-state index contributed by atoms with van der Waals surface area (Å²) in [7, 11) is 10.6. The zero-order valence-corrected chi connectivity index (χ0v) is 72.5. The molecule has 0 saturated heterocycles. The Morgan fingerprint density at radius 3 is 1.04 bits per heavy atom. The maximum absolute atomic E-state index is 10.8. The average Bonchev–Trinajstić information content (AvgIpc) is 0.806. The first-order valence-corrected chi connectivity index (χ1v) is 46.2. The molecule has 0 saturated carbocycles. The third-order valence-electron chi connectivity index (χ3n) is 11.8. The molecule has 0 aliphatic carbocycles. The fourth-order valence-electron chi connectivity index (χ4n) is 7.18. The average molecular weight is 1760 g/mol. The number of methoxy groups -OCH3 is 2. The van der Waals surface area contributed by atoms with E-state index in [1.165, 1.54) is 113 Å². The third kappa shape index (κ3) is 39.5. The fourth-order valence-corrected chi connectivity index (χ4v) is 17.7. The molecule has 0 aliphatic heterocycles. The van der Waals surface area contributed by atoms with Crippen molar-refractivity contribution in [1.82, 2.24) is 15.3 Å². The molecule has 1 N–H and O–H groups in total. The Hall–Kier alpha value is -3.93. The first kappa shape index (κ1) is 101. The second kappa shape index (κ2) is 52.3. The van der Waals surface area contributed by atoms with Gasteiger partial charge in [-0.15, -0.1) is 0 Å². The van der Waals surface area contributed by atoms with Crippen LogP contribution in [-0.2, 0) is 109 Å². The maximum Gasteiger partial charge on any atom is 0.381 e. The quantitative estimate of drug-likeness (QED) is 0.0167. The number of nitro groups is 3. The van der Waals surface area contributed by atoms with Gasteiger partial charge in [0, 0.05) is 150 Å². The summed E-state index contributed by atoms with van der Waals surface area (Å²) in [4.78, 5) is 49.5. The molecule has 44 heteroatoms. The van der Waals surface area contributed by atoms with Gasteiger partial charge in [-0.1, -0.05) is 84.3 Å². The van der Waals surface area contributed by atoms with Crippen LogP contribution >= 0.6 is 92.2 Å². The number of carbonyl (C=O) groups is 1. The summed E-state index contributed by atoms with van der Waals surface area (Å²) in [6, 6.07) is 33.5. The summed E-state index contributed by atoms with van der Waals surface area (Å²) in [6.07, 6.45) is 0. The molecule has 0 spiro atoms. The molecule has 1 amide bonds. The lowest BCUT2D eigenvalue weighted by Crippen LogP contribution is -2.19. The molecule has 6 rings (SSSR count). The Balaban J connectivity index is 0.00000124. The van der Waals surface area contributed by atoms with Crippen molar-refractivity contribution in [2.75, 3.05) is 95.1 Å². The summed E-state index contributed by atoms with van der Waals surface area (Å²) in [6.45, 7) is 8.05. The molecule has 0 bridgehead atoms. The number of aryl methyl sites for hydroxylation is 1. The van der Waals surface area contributed by atoms with Crippen LogP contribution in [0.15, 0.2) is 127 Å². The molecular formula is C61H86Cl3N6O23P5S7. The lowest BCUT2D eigenvalue weighted by molar-refractivity contribution is -0.385. The van der Waals surface area contributed by atoms with Gasteiger partial charge in [0.05, 0.1) is 80.3 Å². The Kier molecular flexibility index (Phi) is 50.3. The van der Waals surface area contributed by atoms with Gasteiger partial charge in [-0.05, 0) is 132 Å². The van der Waals surface area contributed by atoms with E-state index in [9.17, 15) is 35.1 Å². The summed E-state index contributed by atoms with van der Waals surface area (Å²) in [5, 5.41) is 33.9. The lowest BCUT2D eigenvalue weighted by atomic mass is 9.92. The van der Waals surface area contributed by atoms with Gasteiger partial charge in [0.15, 0.2) is 0 Å². The summed E-state index contributed by atoms with van der Waals surface area (Å²) >= 11 is 45.5.